The SMILES string of the molecule is Cc1ccnc(N(C)CC(C)C)c1C(=O)O. The minimum absolute atomic E-state index is 0.297. The van der Waals surface area contributed by atoms with Crippen LogP contribution in [0.2, 0.25) is 0 Å². The number of carboxylic acids is 1. The molecule has 0 bridgehead atoms. The van der Waals surface area contributed by atoms with Gasteiger partial charge in [-0.2, -0.15) is 0 Å². The number of hydrogen-bond donors (Lipinski definition) is 1. The lowest BCUT2D eigenvalue weighted by atomic mass is 10.1. The highest BCUT2D eigenvalue weighted by molar-refractivity contribution is 5.94. The van der Waals surface area contributed by atoms with Crippen LogP contribution in [0.25, 0.3) is 0 Å². The van der Waals surface area contributed by atoms with E-state index in [9.17, 15) is 4.79 Å². The third kappa shape index (κ3) is 2.72. The molecule has 1 rings (SSSR count). The third-order valence-electron chi connectivity index (χ3n) is 2.35. The van der Waals surface area contributed by atoms with Crippen LogP contribution < -0.4 is 4.90 Å². The fraction of sp³-hybridized carbons (Fsp3) is 0.500. The van der Waals surface area contributed by atoms with Gasteiger partial charge in [-0.3, -0.25) is 0 Å². The average molecular weight is 222 g/mol. The van der Waals surface area contributed by atoms with Crippen LogP contribution in [0.5, 0.6) is 0 Å². The van der Waals surface area contributed by atoms with Crippen molar-refractivity contribution in [2.24, 2.45) is 5.92 Å². The molecule has 0 aliphatic carbocycles. The Kier molecular flexibility index (Phi) is 3.88. The molecular formula is C12H18N2O2. The topological polar surface area (TPSA) is 53.4 Å². The molecule has 0 fully saturated rings. The van der Waals surface area contributed by atoms with Gasteiger partial charge in [0.05, 0.1) is 0 Å². The molecule has 1 aromatic rings. The second-order valence-corrected chi connectivity index (χ2v) is 4.41. The smallest absolute Gasteiger partial charge is 0.339 e. The number of carbonyl (C=O) groups is 1. The Morgan fingerprint density at radius 1 is 1.56 bits per heavy atom. The van der Waals surface area contributed by atoms with Crippen LogP contribution in [-0.4, -0.2) is 29.7 Å². The largest absolute Gasteiger partial charge is 0.478 e. The molecule has 1 heterocycles. The Morgan fingerprint density at radius 2 is 2.19 bits per heavy atom. The second-order valence-electron chi connectivity index (χ2n) is 4.41. The van der Waals surface area contributed by atoms with Crippen molar-refractivity contribution in [1.29, 1.82) is 0 Å². The van der Waals surface area contributed by atoms with Crippen molar-refractivity contribution in [3.8, 4) is 0 Å². The van der Waals surface area contributed by atoms with E-state index in [2.05, 4.69) is 18.8 Å². The number of carboxylic acid groups (broad SMARTS) is 1. The zero-order valence-corrected chi connectivity index (χ0v) is 10.2. The third-order valence-corrected chi connectivity index (χ3v) is 2.35. The average Bonchev–Trinajstić information content (AvgIpc) is 2.15. The van der Waals surface area contributed by atoms with E-state index in [1.165, 1.54) is 0 Å². The normalized spacial score (nSPS) is 10.6. The summed E-state index contributed by atoms with van der Waals surface area (Å²) in [6, 6.07) is 1.72. The number of aromatic carboxylic acids is 1. The quantitative estimate of drug-likeness (QED) is 0.848. The Bertz CT molecular complexity index is 389. The van der Waals surface area contributed by atoms with Gasteiger partial charge in [0.2, 0.25) is 0 Å². The van der Waals surface area contributed by atoms with Crippen LogP contribution >= 0.6 is 0 Å². The first-order valence-corrected chi connectivity index (χ1v) is 5.33. The van der Waals surface area contributed by atoms with E-state index in [0.717, 1.165) is 12.1 Å². The minimum Gasteiger partial charge on any atom is -0.478 e. The van der Waals surface area contributed by atoms with Gasteiger partial charge in [0.1, 0.15) is 11.4 Å². The van der Waals surface area contributed by atoms with E-state index >= 15 is 0 Å². The molecule has 88 valence electrons. The number of nitrogens with zero attached hydrogens (tertiary/aromatic N) is 2. The number of anilines is 1. The zero-order chi connectivity index (χ0) is 12.3. The van der Waals surface area contributed by atoms with Crippen molar-refractivity contribution < 1.29 is 9.90 Å². The summed E-state index contributed by atoms with van der Waals surface area (Å²) in [7, 11) is 1.87. The van der Waals surface area contributed by atoms with Crippen LogP contribution in [0.15, 0.2) is 12.3 Å². The van der Waals surface area contributed by atoms with E-state index in [1.807, 2.05) is 11.9 Å². The number of rotatable bonds is 4. The molecule has 0 atom stereocenters. The lowest BCUT2D eigenvalue weighted by Gasteiger charge is -2.22. The van der Waals surface area contributed by atoms with E-state index in [1.54, 1.807) is 19.2 Å². The van der Waals surface area contributed by atoms with Crippen LogP contribution in [0.3, 0.4) is 0 Å². The van der Waals surface area contributed by atoms with Gasteiger partial charge in [0, 0.05) is 19.8 Å². The van der Waals surface area contributed by atoms with Gasteiger partial charge in [-0.25, -0.2) is 9.78 Å². The lowest BCUT2D eigenvalue weighted by molar-refractivity contribution is 0.0696. The van der Waals surface area contributed by atoms with Crippen molar-refractivity contribution in [2.45, 2.75) is 20.8 Å². The monoisotopic (exact) mass is 222 g/mol. The maximum Gasteiger partial charge on any atom is 0.339 e. The van der Waals surface area contributed by atoms with Crippen LogP contribution in [0.4, 0.5) is 5.82 Å². The van der Waals surface area contributed by atoms with E-state index < -0.39 is 5.97 Å². The van der Waals surface area contributed by atoms with Gasteiger partial charge in [0.15, 0.2) is 0 Å². The van der Waals surface area contributed by atoms with E-state index in [0.29, 0.717) is 17.3 Å². The summed E-state index contributed by atoms with van der Waals surface area (Å²) < 4.78 is 0. The zero-order valence-electron chi connectivity index (χ0n) is 10.2. The van der Waals surface area contributed by atoms with Crippen molar-refractivity contribution in [2.75, 3.05) is 18.5 Å². The van der Waals surface area contributed by atoms with Gasteiger partial charge in [-0.15, -0.1) is 0 Å². The predicted octanol–water partition coefficient (Wildman–Crippen LogP) is 2.18. The van der Waals surface area contributed by atoms with Crippen molar-refractivity contribution in [3.05, 3.63) is 23.4 Å². The minimum atomic E-state index is -0.920. The van der Waals surface area contributed by atoms with E-state index in [-0.39, 0.29) is 0 Å². The van der Waals surface area contributed by atoms with E-state index in [4.69, 9.17) is 5.11 Å². The molecule has 1 N–H and O–H groups in total. The lowest BCUT2D eigenvalue weighted by Crippen LogP contribution is -2.26. The first-order valence-electron chi connectivity index (χ1n) is 5.33. The molecule has 0 aliphatic rings. The molecule has 0 unspecified atom stereocenters. The molecule has 1 aromatic heterocycles. The number of hydrogen-bond acceptors (Lipinski definition) is 3. The Morgan fingerprint density at radius 3 is 2.69 bits per heavy atom. The maximum absolute atomic E-state index is 11.2. The van der Waals surface area contributed by atoms with Gasteiger partial charge in [-0.1, -0.05) is 13.8 Å². The molecule has 0 radical (unpaired) electrons. The van der Waals surface area contributed by atoms with Crippen LogP contribution in [0, 0.1) is 12.8 Å². The number of aromatic nitrogens is 1. The number of pyridine rings is 1. The molecule has 4 heteroatoms. The molecule has 0 aromatic carbocycles. The summed E-state index contributed by atoms with van der Waals surface area (Å²) >= 11 is 0. The molecule has 0 amide bonds. The van der Waals surface area contributed by atoms with Gasteiger partial charge >= 0.3 is 5.97 Å². The fourth-order valence-corrected chi connectivity index (χ4v) is 1.73. The summed E-state index contributed by atoms with van der Waals surface area (Å²) in [4.78, 5) is 17.2. The summed E-state index contributed by atoms with van der Waals surface area (Å²) in [6.07, 6.45) is 1.65. The summed E-state index contributed by atoms with van der Waals surface area (Å²) in [5, 5.41) is 9.16. The van der Waals surface area contributed by atoms with Crippen LogP contribution in [0.1, 0.15) is 29.8 Å². The summed E-state index contributed by atoms with van der Waals surface area (Å²) in [6.45, 7) is 6.76. The van der Waals surface area contributed by atoms with Crippen molar-refractivity contribution in [1.82, 2.24) is 4.98 Å². The second kappa shape index (κ2) is 4.96. The molecule has 4 nitrogen and oxygen atoms in total. The maximum atomic E-state index is 11.2. The fourth-order valence-electron chi connectivity index (χ4n) is 1.73. The first-order chi connectivity index (χ1) is 7.43. The standard InChI is InChI=1S/C12H18N2O2/c1-8(2)7-14(4)11-10(12(15)16)9(3)5-6-13-11/h5-6,8H,7H2,1-4H3,(H,15,16). The molecule has 0 saturated carbocycles. The van der Waals surface area contributed by atoms with Gasteiger partial charge in [0.25, 0.3) is 0 Å². The van der Waals surface area contributed by atoms with Gasteiger partial charge < -0.3 is 10.0 Å². The molecule has 0 aliphatic heterocycles. The Hall–Kier alpha value is -1.58. The summed E-state index contributed by atoms with van der Waals surface area (Å²) in [5.74, 6) is 0.0892. The first kappa shape index (κ1) is 12.5. The molecular weight excluding hydrogens is 204 g/mol. The van der Waals surface area contributed by atoms with Crippen molar-refractivity contribution in [3.63, 3.8) is 0 Å². The summed E-state index contributed by atoms with van der Waals surface area (Å²) in [5.41, 5.74) is 1.04. The number of aryl methyl sites for hydroxylation is 1. The molecule has 0 spiro atoms. The van der Waals surface area contributed by atoms with Gasteiger partial charge in [-0.05, 0) is 24.5 Å². The van der Waals surface area contributed by atoms with Crippen LogP contribution in [-0.2, 0) is 0 Å². The Balaban J connectivity index is 3.12. The highest BCUT2D eigenvalue weighted by Gasteiger charge is 2.17. The predicted molar refractivity (Wildman–Crippen MR) is 64.0 cm³/mol. The molecule has 0 saturated heterocycles. The highest BCUT2D eigenvalue weighted by atomic mass is 16.4. The van der Waals surface area contributed by atoms with Crippen molar-refractivity contribution >= 4 is 11.8 Å². The highest BCUT2D eigenvalue weighted by Crippen LogP contribution is 2.20. The molecule has 16 heavy (non-hydrogen) atoms. The Labute approximate surface area is 95.9 Å².